The van der Waals surface area contributed by atoms with Crippen molar-refractivity contribution in [1.29, 1.82) is 0 Å². The lowest BCUT2D eigenvalue weighted by molar-refractivity contribution is 0.439. The van der Waals surface area contributed by atoms with Crippen LogP contribution in [0.25, 0.3) is 0 Å². The Balaban J connectivity index is 2.43. The Labute approximate surface area is 83.9 Å². The fraction of sp³-hybridized carbons (Fsp3) is 0.455. The molecule has 1 aliphatic rings. The van der Waals surface area contributed by atoms with Crippen molar-refractivity contribution in [2.75, 3.05) is 0 Å². The third-order valence-corrected chi connectivity index (χ3v) is 2.97. The van der Waals surface area contributed by atoms with E-state index in [2.05, 4.69) is 13.0 Å². The second-order valence-electron chi connectivity index (χ2n) is 3.99. The van der Waals surface area contributed by atoms with Gasteiger partial charge in [0.05, 0.1) is 0 Å². The number of hydrogen-bond donors (Lipinski definition) is 1. The molecule has 0 heterocycles. The lowest BCUT2D eigenvalue weighted by Crippen LogP contribution is -2.22. The molecule has 0 amide bonds. The normalized spacial score (nSPS) is 27.0. The molecule has 0 aliphatic heterocycles. The quantitative estimate of drug-likeness (QED) is 0.677. The molecule has 0 bridgehead atoms. The zero-order valence-electron chi connectivity index (χ0n) is 7.76. The molecule has 0 aromatic heterocycles. The van der Waals surface area contributed by atoms with Crippen molar-refractivity contribution >= 4 is 11.6 Å². The summed E-state index contributed by atoms with van der Waals surface area (Å²) in [5.74, 6) is 0.698. The van der Waals surface area contributed by atoms with Crippen LogP contribution in [-0.2, 0) is 6.42 Å². The highest BCUT2D eigenvalue weighted by Crippen LogP contribution is 2.32. The Kier molecular flexibility index (Phi) is 2.31. The summed E-state index contributed by atoms with van der Waals surface area (Å²) in [4.78, 5) is 0. The molecule has 1 aromatic carbocycles. The smallest absolute Gasteiger partial charge is 0.0409 e. The van der Waals surface area contributed by atoms with Crippen LogP contribution in [-0.4, -0.2) is 0 Å². The standard InChI is InChI=1S/C11H14ClN/c1-7-4-8-2-3-9(12)6-10(8)11(13)5-7/h2-3,6-7,11H,4-5,13H2,1H3. The van der Waals surface area contributed by atoms with E-state index in [1.165, 1.54) is 11.1 Å². The first-order chi connectivity index (χ1) is 6.16. The van der Waals surface area contributed by atoms with Gasteiger partial charge in [0.2, 0.25) is 0 Å². The maximum absolute atomic E-state index is 6.05. The van der Waals surface area contributed by atoms with Gasteiger partial charge < -0.3 is 5.73 Å². The van der Waals surface area contributed by atoms with Gasteiger partial charge in [-0.25, -0.2) is 0 Å². The lowest BCUT2D eigenvalue weighted by Gasteiger charge is -2.27. The first-order valence-corrected chi connectivity index (χ1v) is 5.08. The van der Waals surface area contributed by atoms with E-state index in [1.54, 1.807) is 0 Å². The molecule has 0 fully saturated rings. The predicted molar refractivity (Wildman–Crippen MR) is 55.9 cm³/mol. The van der Waals surface area contributed by atoms with E-state index in [0.29, 0.717) is 5.92 Å². The lowest BCUT2D eigenvalue weighted by atomic mass is 9.82. The number of nitrogens with two attached hydrogens (primary N) is 1. The molecular weight excluding hydrogens is 182 g/mol. The van der Waals surface area contributed by atoms with Gasteiger partial charge in [0.15, 0.2) is 0 Å². The van der Waals surface area contributed by atoms with Crippen LogP contribution in [0.2, 0.25) is 5.02 Å². The topological polar surface area (TPSA) is 26.0 Å². The van der Waals surface area contributed by atoms with E-state index in [0.717, 1.165) is 17.9 Å². The van der Waals surface area contributed by atoms with E-state index in [1.807, 2.05) is 12.1 Å². The molecule has 0 radical (unpaired) electrons. The van der Waals surface area contributed by atoms with Crippen LogP contribution in [0.15, 0.2) is 18.2 Å². The summed E-state index contributed by atoms with van der Waals surface area (Å²) in [5, 5.41) is 0.795. The zero-order valence-corrected chi connectivity index (χ0v) is 8.51. The van der Waals surface area contributed by atoms with Crippen molar-refractivity contribution in [1.82, 2.24) is 0 Å². The molecule has 1 aromatic rings. The molecule has 1 aliphatic carbocycles. The fourth-order valence-corrected chi connectivity index (χ4v) is 2.30. The Hall–Kier alpha value is -0.530. The third kappa shape index (κ3) is 1.72. The van der Waals surface area contributed by atoms with Gasteiger partial charge in [0, 0.05) is 11.1 Å². The third-order valence-electron chi connectivity index (χ3n) is 2.73. The number of fused-ring (bicyclic) bond motifs is 1. The van der Waals surface area contributed by atoms with Crippen LogP contribution >= 0.6 is 11.6 Å². The molecule has 2 N–H and O–H groups in total. The highest BCUT2D eigenvalue weighted by Gasteiger charge is 2.21. The van der Waals surface area contributed by atoms with Gasteiger partial charge in [0.1, 0.15) is 0 Å². The monoisotopic (exact) mass is 195 g/mol. The molecule has 2 rings (SSSR count). The van der Waals surface area contributed by atoms with Crippen LogP contribution < -0.4 is 5.73 Å². The number of benzene rings is 1. The first-order valence-electron chi connectivity index (χ1n) is 4.70. The second kappa shape index (κ2) is 3.32. The average Bonchev–Trinajstić information content (AvgIpc) is 2.06. The number of hydrogen-bond acceptors (Lipinski definition) is 1. The summed E-state index contributed by atoms with van der Waals surface area (Å²) in [6, 6.07) is 6.24. The maximum Gasteiger partial charge on any atom is 0.0409 e. The molecular formula is C11H14ClN. The van der Waals surface area contributed by atoms with E-state index in [9.17, 15) is 0 Å². The Morgan fingerprint density at radius 1 is 1.46 bits per heavy atom. The largest absolute Gasteiger partial charge is 0.324 e. The minimum atomic E-state index is 0.178. The SMILES string of the molecule is CC1Cc2ccc(Cl)cc2C(N)C1. The van der Waals surface area contributed by atoms with E-state index < -0.39 is 0 Å². The molecule has 1 nitrogen and oxygen atoms in total. The van der Waals surface area contributed by atoms with E-state index in [-0.39, 0.29) is 6.04 Å². The van der Waals surface area contributed by atoms with Gasteiger partial charge >= 0.3 is 0 Å². The average molecular weight is 196 g/mol. The summed E-state index contributed by atoms with van der Waals surface area (Å²) < 4.78 is 0. The molecule has 13 heavy (non-hydrogen) atoms. The molecule has 2 atom stereocenters. The number of rotatable bonds is 0. The van der Waals surface area contributed by atoms with Crippen LogP contribution in [0.4, 0.5) is 0 Å². The van der Waals surface area contributed by atoms with Crippen molar-refractivity contribution < 1.29 is 0 Å². The van der Waals surface area contributed by atoms with Crippen LogP contribution in [0, 0.1) is 5.92 Å². The molecule has 0 saturated carbocycles. The molecule has 2 unspecified atom stereocenters. The van der Waals surface area contributed by atoms with Crippen molar-refractivity contribution in [2.45, 2.75) is 25.8 Å². The summed E-state index contributed by atoms with van der Waals surface area (Å²) in [6.45, 7) is 2.25. The van der Waals surface area contributed by atoms with Gasteiger partial charge in [-0.2, -0.15) is 0 Å². The highest BCUT2D eigenvalue weighted by atomic mass is 35.5. The van der Waals surface area contributed by atoms with Crippen LogP contribution in [0.1, 0.15) is 30.5 Å². The minimum absolute atomic E-state index is 0.178. The van der Waals surface area contributed by atoms with Crippen molar-refractivity contribution in [3.63, 3.8) is 0 Å². The second-order valence-corrected chi connectivity index (χ2v) is 4.43. The highest BCUT2D eigenvalue weighted by molar-refractivity contribution is 6.30. The van der Waals surface area contributed by atoms with Crippen LogP contribution in [0.3, 0.4) is 0 Å². The molecule has 2 heteroatoms. The predicted octanol–water partition coefficient (Wildman–Crippen LogP) is 2.92. The summed E-state index contributed by atoms with van der Waals surface area (Å²) >= 11 is 5.92. The van der Waals surface area contributed by atoms with Crippen molar-refractivity contribution in [2.24, 2.45) is 11.7 Å². The Bertz CT molecular complexity index is 322. The molecule has 70 valence electrons. The van der Waals surface area contributed by atoms with E-state index >= 15 is 0 Å². The maximum atomic E-state index is 6.05. The van der Waals surface area contributed by atoms with Crippen LogP contribution in [0.5, 0.6) is 0 Å². The van der Waals surface area contributed by atoms with Gasteiger partial charge in [-0.15, -0.1) is 0 Å². The minimum Gasteiger partial charge on any atom is -0.324 e. The summed E-state index contributed by atoms with van der Waals surface area (Å²) in [6.07, 6.45) is 2.22. The zero-order chi connectivity index (χ0) is 9.42. The van der Waals surface area contributed by atoms with Gasteiger partial charge in [0.25, 0.3) is 0 Å². The number of halogens is 1. The van der Waals surface area contributed by atoms with Gasteiger partial charge in [-0.05, 0) is 42.0 Å². The van der Waals surface area contributed by atoms with Crippen molar-refractivity contribution in [3.05, 3.63) is 34.3 Å². The summed E-state index contributed by atoms with van der Waals surface area (Å²) in [7, 11) is 0. The van der Waals surface area contributed by atoms with Gasteiger partial charge in [-0.1, -0.05) is 24.6 Å². The molecule has 0 spiro atoms. The summed E-state index contributed by atoms with van der Waals surface area (Å²) in [5.41, 5.74) is 8.66. The Morgan fingerprint density at radius 3 is 3.00 bits per heavy atom. The van der Waals surface area contributed by atoms with Crippen molar-refractivity contribution in [3.8, 4) is 0 Å². The molecule has 0 saturated heterocycles. The van der Waals surface area contributed by atoms with E-state index in [4.69, 9.17) is 17.3 Å². The van der Waals surface area contributed by atoms with Gasteiger partial charge in [-0.3, -0.25) is 0 Å². The Morgan fingerprint density at radius 2 is 2.23 bits per heavy atom. The fourth-order valence-electron chi connectivity index (χ4n) is 2.12. The first kappa shape index (κ1) is 9.04.